The zero-order chi connectivity index (χ0) is 24.1. The van der Waals surface area contributed by atoms with Gasteiger partial charge in [0.2, 0.25) is 5.91 Å². The number of imide groups is 1. The lowest BCUT2D eigenvalue weighted by atomic mass is 10.1. The maximum atomic E-state index is 13.4. The molecule has 0 bridgehead atoms. The quantitative estimate of drug-likeness (QED) is 0.456. The predicted molar refractivity (Wildman–Crippen MR) is 130 cm³/mol. The van der Waals surface area contributed by atoms with E-state index in [1.807, 2.05) is 24.4 Å². The minimum Gasteiger partial charge on any atom is -0.497 e. The van der Waals surface area contributed by atoms with Crippen molar-refractivity contribution in [2.75, 3.05) is 23.9 Å². The average molecular weight is 480 g/mol. The van der Waals surface area contributed by atoms with Gasteiger partial charge < -0.3 is 19.7 Å². The number of nitrogens with zero attached hydrogens (tertiary/aromatic N) is 2. The van der Waals surface area contributed by atoms with E-state index in [0.29, 0.717) is 29.5 Å². The summed E-state index contributed by atoms with van der Waals surface area (Å²) in [6.07, 6.45) is -0.163. The Bertz CT molecular complexity index is 1160. The highest BCUT2D eigenvalue weighted by Gasteiger charge is 2.46. The van der Waals surface area contributed by atoms with Crippen molar-refractivity contribution in [3.63, 3.8) is 0 Å². The fourth-order valence-corrected chi connectivity index (χ4v) is 4.46. The lowest BCUT2D eigenvalue weighted by Crippen LogP contribution is -2.37. The molecule has 9 heteroatoms. The third-order valence-corrected chi connectivity index (χ3v) is 6.23. The first kappa shape index (κ1) is 23.3. The zero-order valence-corrected chi connectivity index (χ0v) is 19.7. The topological polar surface area (TPSA) is 88.2 Å². The maximum Gasteiger partial charge on any atom is 0.332 e. The van der Waals surface area contributed by atoms with Crippen LogP contribution in [0.15, 0.2) is 66.0 Å². The number of carbonyl (C=O) groups is 3. The van der Waals surface area contributed by atoms with Gasteiger partial charge in [0.05, 0.1) is 32.4 Å². The van der Waals surface area contributed by atoms with E-state index in [2.05, 4.69) is 5.32 Å². The van der Waals surface area contributed by atoms with Gasteiger partial charge >= 0.3 is 6.03 Å². The van der Waals surface area contributed by atoms with E-state index in [4.69, 9.17) is 9.47 Å². The summed E-state index contributed by atoms with van der Waals surface area (Å²) >= 11 is 1.49. The fraction of sp³-hybridized carbons (Fsp3) is 0.240. The second-order valence-corrected chi connectivity index (χ2v) is 8.62. The highest BCUT2D eigenvalue weighted by molar-refractivity contribution is 7.09. The van der Waals surface area contributed by atoms with Gasteiger partial charge in [0, 0.05) is 16.6 Å². The predicted octanol–water partition coefficient (Wildman–Crippen LogP) is 4.52. The molecule has 0 spiro atoms. The van der Waals surface area contributed by atoms with Gasteiger partial charge in [-0.25, -0.2) is 9.69 Å². The van der Waals surface area contributed by atoms with Gasteiger partial charge in [0.1, 0.15) is 17.5 Å². The summed E-state index contributed by atoms with van der Waals surface area (Å²) in [5.41, 5.74) is 0.986. The molecule has 8 nitrogen and oxygen atoms in total. The van der Waals surface area contributed by atoms with Crippen molar-refractivity contribution in [2.45, 2.75) is 25.9 Å². The standard InChI is InChI=1S/C25H25N3O5S/c1-3-33-19-11-9-17(10-12-19)26-23(29)15-22-24(30)28(18-6-4-7-20(14-18)32-2)25(31)27(22)16-21-8-5-13-34-21/h4-14,22H,3,15-16H2,1-2H3,(H,26,29)/t22-/m0/s1. The van der Waals surface area contributed by atoms with Gasteiger partial charge in [-0.1, -0.05) is 12.1 Å². The minimum absolute atomic E-state index is 0.163. The molecule has 1 fully saturated rings. The van der Waals surface area contributed by atoms with Gasteiger partial charge in [0.25, 0.3) is 5.91 Å². The Morgan fingerprint density at radius 1 is 1.06 bits per heavy atom. The van der Waals surface area contributed by atoms with Crippen molar-refractivity contribution < 1.29 is 23.9 Å². The second-order valence-electron chi connectivity index (χ2n) is 7.59. The summed E-state index contributed by atoms with van der Waals surface area (Å²) in [6, 6.07) is 16.1. The van der Waals surface area contributed by atoms with E-state index < -0.39 is 18.0 Å². The first-order chi connectivity index (χ1) is 16.5. The van der Waals surface area contributed by atoms with Gasteiger partial charge in [-0.3, -0.25) is 9.59 Å². The Balaban J connectivity index is 1.55. The number of nitrogens with one attached hydrogen (secondary N) is 1. The molecular formula is C25H25N3O5S. The third-order valence-electron chi connectivity index (χ3n) is 5.36. The van der Waals surface area contributed by atoms with Crippen molar-refractivity contribution in [3.05, 3.63) is 70.9 Å². The molecule has 0 saturated carbocycles. The minimum atomic E-state index is -0.927. The molecule has 2 heterocycles. The molecule has 0 unspecified atom stereocenters. The van der Waals surface area contributed by atoms with E-state index in [0.717, 1.165) is 9.78 Å². The number of urea groups is 1. The lowest BCUT2D eigenvalue weighted by molar-refractivity contribution is -0.124. The molecule has 1 saturated heterocycles. The SMILES string of the molecule is CCOc1ccc(NC(=O)C[C@H]2C(=O)N(c3cccc(OC)c3)C(=O)N2Cc2cccs2)cc1. The molecule has 1 aliphatic heterocycles. The van der Waals surface area contributed by atoms with Crippen molar-refractivity contribution in [3.8, 4) is 11.5 Å². The Morgan fingerprint density at radius 2 is 1.85 bits per heavy atom. The highest BCUT2D eigenvalue weighted by atomic mass is 32.1. The Kier molecular flexibility index (Phi) is 7.12. The average Bonchev–Trinajstić information content (AvgIpc) is 3.43. The molecule has 2 aromatic carbocycles. The molecular weight excluding hydrogens is 454 g/mol. The van der Waals surface area contributed by atoms with Crippen LogP contribution in [0.5, 0.6) is 11.5 Å². The summed E-state index contributed by atoms with van der Waals surface area (Å²) in [5.74, 6) is 0.420. The number of hydrogen-bond donors (Lipinski definition) is 1. The van der Waals surface area contributed by atoms with E-state index in [-0.39, 0.29) is 18.9 Å². The number of carbonyl (C=O) groups excluding carboxylic acids is 3. The van der Waals surface area contributed by atoms with Gasteiger partial charge in [0.15, 0.2) is 0 Å². The molecule has 34 heavy (non-hydrogen) atoms. The van der Waals surface area contributed by atoms with Crippen LogP contribution < -0.4 is 19.7 Å². The molecule has 1 atom stereocenters. The maximum absolute atomic E-state index is 13.4. The van der Waals surface area contributed by atoms with Crippen LogP contribution >= 0.6 is 11.3 Å². The lowest BCUT2D eigenvalue weighted by Gasteiger charge is -2.21. The highest BCUT2D eigenvalue weighted by Crippen LogP contribution is 2.31. The number of amides is 4. The number of methoxy groups -OCH3 is 1. The molecule has 0 aliphatic carbocycles. The van der Waals surface area contributed by atoms with Crippen LogP contribution in [-0.4, -0.2) is 42.5 Å². The van der Waals surface area contributed by atoms with Crippen LogP contribution in [0.4, 0.5) is 16.2 Å². The molecule has 3 aromatic rings. The number of rotatable bonds is 9. The van der Waals surface area contributed by atoms with Crippen molar-refractivity contribution >= 4 is 40.6 Å². The van der Waals surface area contributed by atoms with Gasteiger partial charge in [-0.05, 0) is 54.8 Å². The summed E-state index contributed by atoms with van der Waals surface area (Å²) < 4.78 is 10.7. The summed E-state index contributed by atoms with van der Waals surface area (Å²) in [5, 5.41) is 4.71. The molecule has 4 rings (SSSR count). The summed E-state index contributed by atoms with van der Waals surface area (Å²) in [4.78, 5) is 43.1. The monoisotopic (exact) mass is 479 g/mol. The normalized spacial score (nSPS) is 15.5. The Labute approximate surface area is 201 Å². The third kappa shape index (κ3) is 5.04. The van der Waals surface area contributed by atoms with E-state index in [9.17, 15) is 14.4 Å². The van der Waals surface area contributed by atoms with Crippen molar-refractivity contribution in [1.82, 2.24) is 4.90 Å². The number of anilines is 2. The molecule has 0 radical (unpaired) electrons. The van der Waals surface area contributed by atoms with Crippen LogP contribution in [-0.2, 0) is 16.1 Å². The Morgan fingerprint density at radius 3 is 2.53 bits per heavy atom. The summed E-state index contributed by atoms with van der Waals surface area (Å²) in [6.45, 7) is 2.68. The summed E-state index contributed by atoms with van der Waals surface area (Å²) in [7, 11) is 1.52. The first-order valence-corrected chi connectivity index (χ1v) is 11.7. The van der Waals surface area contributed by atoms with Crippen LogP contribution in [0.2, 0.25) is 0 Å². The Hall–Kier alpha value is -3.85. The van der Waals surface area contributed by atoms with E-state index >= 15 is 0 Å². The number of thiophene rings is 1. The van der Waals surface area contributed by atoms with Crippen molar-refractivity contribution in [1.29, 1.82) is 0 Å². The number of benzene rings is 2. The smallest absolute Gasteiger partial charge is 0.332 e. The molecule has 1 N–H and O–H groups in total. The molecule has 1 aliphatic rings. The van der Waals surface area contributed by atoms with Gasteiger partial charge in [-0.15, -0.1) is 11.3 Å². The molecule has 1 aromatic heterocycles. The van der Waals surface area contributed by atoms with Gasteiger partial charge in [-0.2, -0.15) is 0 Å². The second kappa shape index (κ2) is 10.4. The largest absolute Gasteiger partial charge is 0.497 e. The van der Waals surface area contributed by atoms with E-state index in [1.165, 1.54) is 23.3 Å². The van der Waals surface area contributed by atoms with Crippen molar-refractivity contribution in [2.24, 2.45) is 0 Å². The van der Waals surface area contributed by atoms with Crippen LogP contribution in [0.3, 0.4) is 0 Å². The van der Waals surface area contributed by atoms with E-state index in [1.54, 1.807) is 48.5 Å². The van der Waals surface area contributed by atoms with Crippen LogP contribution in [0.1, 0.15) is 18.2 Å². The fourth-order valence-electron chi connectivity index (χ4n) is 3.76. The first-order valence-electron chi connectivity index (χ1n) is 10.8. The molecule has 176 valence electrons. The van der Waals surface area contributed by atoms with Crippen LogP contribution in [0, 0.1) is 0 Å². The number of hydrogen-bond acceptors (Lipinski definition) is 6. The number of ether oxygens (including phenoxy) is 2. The molecule has 4 amide bonds. The van der Waals surface area contributed by atoms with Crippen LogP contribution in [0.25, 0.3) is 0 Å². The zero-order valence-electron chi connectivity index (χ0n) is 18.9.